The zero-order chi connectivity index (χ0) is 12.6. The van der Waals surface area contributed by atoms with Crippen LogP contribution < -0.4 is 5.32 Å². The molecule has 0 bridgehead atoms. The van der Waals surface area contributed by atoms with E-state index in [0.717, 1.165) is 0 Å². The van der Waals surface area contributed by atoms with Crippen LogP contribution in [0.2, 0.25) is 0 Å². The summed E-state index contributed by atoms with van der Waals surface area (Å²) in [5.41, 5.74) is 0.815. The molecular weight excluding hydrogens is 220 g/mol. The highest BCUT2D eigenvalue weighted by molar-refractivity contribution is 5.28. The summed E-state index contributed by atoms with van der Waals surface area (Å²) in [4.78, 5) is 0. The third kappa shape index (κ3) is 2.49. The molecule has 0 radical (unpaired) electrons. The van der Waals surface area contributed by atoms with Gasteiger partial charge in [0, 0.05) is 11.6 Å². The summed E-state index contributed by atoms with van der Waals surface area (Å²) in [5.74, 6) is 0.355. The smallest absolute Gasteiger partial charge is 0.128 e. The molecule has 1 nitrogen and oxygen atoms in total. The summed E-state index contributed by atoms with van der Waals surface area (Å²) in [5, 5.41) is 3.12. The molecule has 0 amide bonds. The monoisotopic (exact) mass is 239 g/mol. The molecule has 1 aromatic carbocycles. The lowest BCUT2D eigenvalue weighted by atomic mass is 9.90. The SMILES string of the molecule is CNC(c1cc(F)c(C)cc1F)C(C)C1CC1. The number of aryl methyl sites for hydroxylation is 1. The van der Waals surface area contributed by atoms with E-state index in [4.69, 9.17) is 0 Å². The van der Waals surface area contributed by atoms with E-state index in [0.29, 0.717) is 23.0 Å². The van der Waals surface area contributed by atoms with Crippen molar-refractivity contribution in [2.75, 3.05) is 7.05 Å². The Kier molecular flexibility index (Phi) is 3.48. The van der Waals surface area contributed by atoms with Crippen molar-refractivity contribution in [1.82, 2.24) is 5.32 Å². The van der Waals surface area contributed by atoms with Crippen LogP contribution in [0.25, 0.3) is 0 Å². The number of nitrogens with one attached hydrogen (secondary N) is 1. The number of hydrogen-bond acceptors (Lipinski definition) is 1. The molecule has 1 aliphatic rings. The first-order valence-electron chi connectivity index (χ1n) is 6.17. The molecule has 2 rings (SSSR count). The van der Waals surface area contributed by atoms with E-state index in [9.17, 15) is 8.78 Å². The van der Waals surface area contributed by atoms with Gasteiger partial charge in [-0.3, -0.25) is 0 Å². The maximum Gasteiger partial charge on any atom is 0.128 e. The first-order valence-corrected chi connectivity index (χ1v) is 6.17. The quantitative estimate of drug-likeness (QED) is 0.846. The fourth-order valence-corrected chi connectivity index (χ4v) is 2.50. The van der Waals surface area contributed by atoms with Crippen LogP contribution in [0.1, 0.15) is 36.9 Å². The summed E-state index contributed by atoms with van der Waals surface area (Å²) in [7, 11) is 1.81. The molecule has 2 atom stereocenters. The first-order chi connectivity index (χ1) is 8.04. The van der Waals surface area contributed by atoms with Crippen molar-refractivity contribution in [1.29, 1.82) is 0 Å². The summed E-state index contributed by atoms with van der Waals surface area (Å²) >= 11 is 0. The maximum absolute atomic E-state index is 13.9. The second kappa shape index (κ2) is 4.73. The molecule has 1 aromatic rings. The predicted molar refractivity (Wildman–Crippen MR) is 64.8 cm³/mol. The Morgan fingerprint density at radius 2 is 1.88 bits per heavy atom. The molecule has 1 saturated carbocycles. The molecule has 1 fully saturated rings. The van der Waals surface area contributed by atoms with E-state index in [1.54, 1.807) is 14.0 Å². The lowest BCUT2D eigenvalue weighted by molar-refractivity contribution is 0.357. The van der Waals surface area contributed by atoms with Crippen molar-refractivity contribution >= 4 is 0 Å². The van der Waals surface area contributed by atoms with Crippen molar-refractivity contribution in [2.24, 2.45) is 11.8 Å². The van der Waals surface area contributed by atoms with Gasteiger partial charge in [0.25, 0.3) is 0 Å². The fourth-order valence-electron chi connectivity index (χ4n) is 2.50. The van der Waals surface area contributed by atoms with Gasteiger partial charge in [-0.2, -0.15) is 0 Å². The Morgan fingerprint density at radius 3 is 2.41 bits per heavy atom. The molecule has 0 aromatic heterocycles. The van der Waals surface area contributed by atoms with Gasteiger partial charge in [-0.25, -0.2) is 8.78 Å². The van der Waals surface area contributed by atoms with Crippen LogP contribution in [0.4, 0.5) is 8.78 Å². The van der Waals surface area contributed by atoms with Crippen LogP contribution in [0, 0.1) is 30.4 Å². The van der Waals surface area contributed by atoms with Crippen molar-refractivity contribution < 1.29 is 8.78 Å². The van der Waals surface area contributed by atoms with Crippen LogP contribution in [0.3, 0.4) is 0 Å². The molecule has 0 saturated heterocycles. The topological polar surface area (TPSA) is 12.0 Å². The summed E-state index contributed by atoms with van der Waals surface area (Å²) in [6, 6.07) is 2.52. The Morgan fingerprint density at radius 1 is 1.24 bits per heavy atom. The molecular formula is C14H19F2N. The summed E-state index contributed by atoms with van der Waals surface area (Å²) in [6.07, 6.45) is 2.41. The Bertz CT molecular complexity index is 413. The standard InChI is InChI=1S/C14H19F2N/c1-8-6-13(16)11(7-12(8)15)14(17-3)9(2)10-4-5-10/h6-7,9-10,14,17H,4-5H2,1-3H3. The zero-order valence-corrected chi connectivity index (χ0v) is 10.6. The first kappa shape index (κ1) is 12.5. The lowest BCUT2D eigenvalue weighted by Crippen LogP contribution is -2.26. The molecule has 2 unspecified atom stereocenters. The minimum Gasteiger partial charge on any atom is -0.313 e. The normalized spacial score (nSPS) is 19.1. The lowest BCUT2D eigenvalue weighted by Gasteiger charge is -2.24. The van der Waals surface area contributed by atoms with E-state index < -0.39 is 0 Å². The Hall–Kier alpha value is -0.960. The van der Waals surface area contributed by atoms with Gasteiger partial charge in [0.15, 0.2) is 0 Å². The predicted octanol–water partition coefficient (Wildman–Crippen LogP) is 3.58. The van der Waals surface area contributed by atoms with Crippen molar-refractivity contribution in [3.63, 3.8) is 0 Å². The molecule has 1 aliphatic carbocycles. The number of rotatable bonds is 4. The van der Waals surface area contributed by atoms with Crippen LogP contribution in [-0.2, 0) is 0 Å². The van der Waals surface area contributed by atoms with Crippen LogP contribution in [0.15, 0.2) is 12.1 Å². The molecule has 3 heteroatoms. The van der Waals surface area contributed by atoms with Gasteiger partial charge in [-0.05, 0) is 56.3 Å². The molecule has 0 aliphatic heterocycles. The number of hydrogen-bond donors (Lipinski definition) is 1. The highest BCUT2D eigenvalue weighted by atomic mass is 19.1. The largest absolute Gasteiger partial charge is 0.313 e. The van der Waals surface area contributed by atoms with Gasteiger partial charge in [0.05, 0.1) is 0 Å². The molecule has 1 N–H and O–H groups in total. The second-order valence-electron chi connectivity index (χ2n) is 5.09. The van der Waals surface area contributed by atoms with E-state index in [-0.39, 0.29) is 17.7 Å². The third-order valence-corrected chi connectivity index (χ3v) is 3.82. The maximum atomic E-state index is 13.9. The Labute approximate surface area is 101 Å². The van der Waals surface area contributed by atoms with Crippen LogP contribution >= 0.6 is 0 Å². The highest BCUT2D eigenvalue weighted by Crippen LogP contribution is 2.43. The minimum absolute atomic E-state index is 0.0994. The summed E-state index contributed by atoms with van der Waals surface area (Å²) < 4.78 is 27.4. The number of halogens is 2. The van der Waals surface area contributed by atoms with Crippen LogP contribution in [-0.4, -0.2) is 7.05 Å². The van der Waals surface area contributed by atoms with E-state index >= 15 is 0 Å². The second-order valence-corrected chi connectivity index (χ2v) is 5.09. The van der Waals surface area contributed by atoms with E-state index in [1.807, 2.05) is 0 Å². The fraction of sp³-hybridized carbons (Fsp3) is 0.571. The summed E-state index contributed by atoms with van der Waals surface area (Å²) in [6.45, 7) is 3.69. The van der Waals surface area contributed by atoms with Crippen molar-refractivity contribution in [3.8, 4) is 0 Å². The van der Waals surface area contributed by atoms with Gasteiger partial charge < -0.3 is 5.32 Å². The van der Waals surface area contributed by atoms with Gasteiger partial charge in [0.2, 0.25) is 0 Å². The average molecular weight is 239 g/mol. The molecule has 0 spiro atoms. The van der Waals surface area contributed by atoms with E-state index in [1.165, 1.54) is 25.0 Å². The van der Waals surface area contributed by atoms with Crippen LogP contribution in [0.5, 0.6) is 0 Å². The average Bonchev–Trinajstić information content (AvgIpc) is 3.09. The van der Waals surface area contributed by atoms with Gasteiger partial charge in [-0.1, -0.05) is 6.92 Å². The zero-order valence-electron chi connectivity index (χ0n) is 10.6. The third-order valence-electron chi connectivity index (χ3n) is 3.82. The minimum atomic E-state index is -0.329. The van der Waals surface area contributed by atoms with Crippen molar-refractivity contribution in [2.45, 2.75) is 32.7 Å². The highest BCUT2D eigenvalue weighted by Gasteiger charge is 2.34. The molecule has 0 heterocycles. The van der Waals surface area contributed by atoms with Gasteiger partial charge >= 0.3 is 0 Å². The van der Waals surface area contributed by atoms with Crippen molar-refractivity contribution in [3.05, 3.63) is 34.9 Å². The molecule has 17 heavy (non-hydrogen) atoms. The van der Waals surface area contributed by atoms with E-state index in [2.05, 4.69) is 12.2 Å². The van der Waals surface area contributed by atoms with Gasteiger partial charge in [0.1, 0.15) is 11.6 Å². The molecule has 94 valence electrons. The Balaban J connectivity index is 2.32. The number of benzene rings is 1. The van der Waals surface area contributed by atoms with Gasteiger partial charge in [-0.15, -0.1) is 0 Å².